The Kier molecular flexibility index (Phi) is 2.41. The molecule has 74 valence electrons. The van der Waals surface area contributed by atoms with Gasteiger partial charge in [-0.25, -0.2) is 0 Å². The molecule has 0 aliphatic carbocycles. The summed E-state index contributed by atoms with van der Waals surface area (Å²) < 4.78 is 0. The first-order valence-corrected chi connectivity index (χ1v) is 5.06. The molecule has 13 heavy (non-hydrogen) atoms. The largest absolute Gasteiger partial charge is 0.323 e. The minimum atomic E-state index is 0.156. The van der Waals surface area contributed by atoms with Crippen LogP contribution in [0.2, 0.25) is 0 Å². The predicted octanol–water partition coefficient (Wildman–Crippen LogP) is -0.110. The summed E-state index contributed by atoms with van der Waals surface area (Å²) in [5.74, 6) is 0. The third-order valence-electron chi connectivity index (χ3n) is 3.30. The Labute approximate surface area is 80.2 Å². The molecule has 0 aromatic carbocycles. The molecule has 0 aromatic heterocycles. The number of piperazine rings is 3. The van der Waals surface area contributed by atoms with E-state index in [9.17, 15) is 0 Å². The van der Waals surface area contributed by atoms with Crippen molar-refractivity contribution in [1.29, 1.82) is 0 Å². The van der Waals surface area contributed by atoms with E-state index in [0.29, 0.717) is 6.04 Å². The van der Waals surface area contributed by atoms with Gasteiger partial charge in [0, 0.05) is 44.8 Å². The lowest BCUT2D eigenvalue weighted by Crippen LogP contribution is -2.65. The van der Waals surface area contributed by atoms with Crippen LogP contribution in [0.1, 0.15) is 6.92 Å². The Bertz CT molecular complexity index is 206. The summed E-state index contributed by atoms with van der Waals surface area (Å²) in [7, 11) is 0. The monoisotopic (exact) mass is 181 g/mol. The molecule has 3 rings (SSSR count). The molecule has 3 heterocycles. The van der Waals surface area contributed by atoms with Crippen molar-refractivity contribution in [3.63, 3.8) is 0 Å². The lowest BCUT2D eigenvalue weighted by Gasteiger charge is -2.49. The second-order valence-corrected chi connectivity index (χ2v) is 4.28. The molecule has 3 nitrogen and oxygen atoms in total. The van der Waals surface area contributed by atoms with Crippen LogP contribution in [0.4, 0.5) is 0 Å². The van der Waals surface area contributed by atoms with E-state index in [1.165, 1.54) is 26.2 Å². The average molecular weight is 181 g/mol. The summed E-state index contributed by atoms with van der Waals surface area (Å²) >= 11 is 0. The fourth-order valence-corrected chi connectivity index (χ4v) is 2.33. The lowest BCUT2D eigenvalue weighted by molar-refractivity contribution is 0.00716. The van der Waals surface area contributed by atoms with Crippen LogP contribution in [0.15, 0.2) is 12.2 Å². The lowest BCUT2D eigenvalue weighted by atomic mass is 9.96. The maximum absolute atomic E-state index is 6.11. The van der Waals surface area contributed by atoms with Gasteiger partial charge in [-0.15, -0.1) is 0 Å². The Morgan fingerprint density at radius 2 is 2.00 bits per heavy atom. The molecule has 2 unspecified atom stereocenters. The zero-order chi connectivity index (χ0) is 9.42. The van der Waals surface area contributed by atoms with Crippen molar-refractivity contribution in [2.24, 2.45) is 5.73 Å². The Morgan fingerprint density at radius 3 is 2.38 bits per heavy atom. The zero-order valence-corrected chi connectivity index (χ0v) is 8.37. The minimum Gasteiger partial charge on any atom is -0.323 e. The summed E-state index contributed by atoms with van der Waals surface area (Å²) in [6.45, 7) is 11.9. The van der Waals surface area contributed by atoms with Crippen molar-refractivity contribution < 1.29 is 0 Å². The summed E-state index contributed by atoms with van der Waals surface area (Å²) in [5.41, 5.74) is 7.22. The van der Waals surface area contributed by atoms with Gasteiger partial charge in [-0.05, 0) is 6.92 Å². The molecule has 3 aliphatic heterocycles. The molecule has 0 aromatic rings. The van der Waals surface area contributed by atoms with Gasteiger partial charge in [0.1, 0.15) is 0 Å². The summed E-state index contributed by atoms with van der Waals surface area (Å²) in [6, 6.07) is 0.670. The highest BCUT2D eigenvalue weighted by atomic mass is 15.3. The first-order valence-electron chi connectivity index (χ1n) is 5.06. The third kappa shape index (κ3) is 1.64. The average Bonchev–Trinajstić information content (AvgIpc) is 2.18. The molecular formula is C10H19N3. The van der Waals surface area contributed by atoms with Crippen LogP contribution in [0.5, 0.6) is 0 Å². The minimum absolute atomic E-state index is 0.156. The fourth-order valence-electron chi connectivity index (χ4n) is 2.33. The van der Waals surface area contributed by atoms with Gasteiger partial charge in [0.05, 0.1) is 0 Å². The second-order valence-electron chi connectivity index (χ2n) is 4.28. The van der Waals surface area contributed by atoms with Crippen LogP contribution in [-0.2, 0) is 0 Å². The standard InChI is InChI=1S/C10H19N3/c1-8(2)10(11)9-7-12-3-5-13(9)6-4-12/h9-10H,1,3-7,11H2,2H3. The van der Waals surface area contributed by atoms with Crippen LogP contribution in [0.25, 0.3) is 0 Å². The van der Waals surface area contributed by atoms with E-state index < -0.39 is 0 Å². The van der Waals surface area contributed by atoms with Gasteiger partial charge in [-0.1, -0.05) is 12.2 Å². The predicted molar refractivity (Wildman–Crippen MR) is 54.6 cm³/mol. The second kappa shape index (κ2) is 3.40. The summed E-state index contributed by atoms with van der Waals surface area (Å²) in [4.78, 5) is 5.02. The van der Waals surface area contributed by atoms with Crippen LogP contribution in [-0.4, -0.2) is 54.6 Å². The molecule has 0 saturated carbocycles. The van der Waals surface area contributed by atoms with Gasteiger partial charge in [-0.2, -0.15) is 0 Å². The van der Waals surface area contributed by atoms with Gasteiger partial charge in [0.15, 0.2) is 0 Å². The van der Waals surface area contributed by atoms with Crippen LogP contribution >= 0.6 is 0 Å². The molecule has 3 heteroatoms. The van der Waals surface area contributed by atoms with E-state index >= 15 is 0 Å². The smallest absolute Gasteiger partial charge is 0.0419 e. The molecular weight excluding hydrogens is 162 g/mol. The molecule has 2 N–H and O–H groups in total. The highest BCUT2D eigenvalue weighted by Gasteiger charge is 2.35. The Morgan fingerprint density at radius 1 is 1.38 bits per heavy atom. The normalized spacial score (nSPS) is 40.3. The van der Waals surface area contributed by atoms with Crippen molar-refractivity contribution in [2.45, 2.75) is 19.0 Å². The van der Waals surface area contributed by atoms with Gasteiger partial charge in [-0.3, -0.25) is 9.80 Å². The summed E-state index contributed by atoms with van der Waals surface area (Å²) in [6.07, 6.45) is 0. The van der Waals surface area contributed by atoms with Gasteiger partial charge < -0.3 is 5.73 Å². The topological polar surface area (TPSA) is 32.5 Å². The molecule has 3 fully saturated rings. The molecule has 0 spiro atoms. The maximum atomic E-state index is 6.11. The maximum Gasteiger partial charge on any atom is 0.0419 e. The number of rotatable bonds is 2. The van der Waals surface area contributed by atoms with Crippen LogP contribution in [0, 0.1) is 0 Å². The highest BCUT2D eigenvalue weighted by Crippen LogP contribution is 2.19. The quantitative estimate of drug-likeness (QED) is 0.603. The number of fused-ring (bicyclic) bond motifs is 3. The van der Waals surface area contributed by atoms with Gasteiger partial charge in [0.25, 0.3) is 0 Å². The first-order chi connectivity index (χ1) is 6.18. The molecule has 2 bridgehead atoms. The molecule has 3 saturated heterocycles. The van der Waals surface area contributed by atoms with Crippen LogP contribution < -0.4 is 5.73 Å². The number of hydrogen-bond donors (Lipinski definition) is 1. The molecule has 0 amide bonds. The number of hydrogen-bond acceptors (Lipinski definition) is 3. The Balaban J connectivity index is 2.04. The van der Waals surface area contributed by atoms with E-state index in [0.717, 1.165) is 12.1 Å². The van der Waals surface area contributed by atoms with Crippen molar-refractivity contribution in [1.82, 2.24) is 9.80 Å². The van der Waals surface area contributed by atoms with E-state index in [1.54, 1.807) is 0 Å². The van der Waals surface area contributed by atoms with Crippen LogP contribution in [0.3, 0.4) is 0 Å². The van der Waals surface area contributed by atoms with Gasteiger partial charge >= 0.3 is 0 Å². The first kappa shape index (κ1) is 9.19. The number of nitrogens with two attached hydrogens (primary N) is 1. The van der Waals surface area contributed by atoms with Crippen molar-refractivity contribution in [3.8, 4) is 0 Å². The zero-order valence-electron chi connectivity index (χ0n) is 8.37. The van der Waals surface area contributed by atoms with Crippen molar-refractivity contribution >= 4 is 0 Å². The molecule has 0 radical (unpaired) electrons. The van der Waals surface area contributed by atoms with E-state index in [1.807, 2.05) is 6.92 Å². The summed E-state index contributed by atoms with van der Waals surface area (Å²) in [5, 5.41) is 0. The third-order valence-corrected chi connectivity index (χ3v) is 3.30. The van der Waals surface area contributed by atoms with E-state index in [2.05, 4.69) is 16.4 Å². The van der Waals surface area contributed by atoms with Crippen molar-refractivity contribution in [2.75, 3.05) is 32.7 Å². The SMILES string of the molecule is C=C(C)C(N)C1CN2CCN1CC2. The highest BCUT2D eigenvalue weighted by molar-refractivity contribution is 5.08. The van der Waals surface area contributed by atoms with Gasteiger partial charge in [0.2, 0.25) is 0 Å². The van der Waals surface area contributed by atoms with Crippen molar-refractivity contribution in [3.05, 3.63) is 12.2 Å². The van der Waals surface area contributed by atoms with E-state index in [4.69, 9.17) is 5.73 Å². The molecule has 3 aliphatic rings. The Hall–Kier alpha value is -0.380. The van der Waals surface area contributed by atoms with E-state index in [-0.39, 0.29) is 6.04 Å². The molecule has 2 atom stereocenters. The fraction of sp³-hybridized carbons (Fsp3) is 0.800. The number of nitrogens with zero attached hydrogens (tertiary/aromatic N) is 2.